The first-order chi connectivity index (χ1) is 9.19. The van der Waals surface area contributed by atoms with Crippen molar-refractivity contribution in [2.75, 3.05) is 53.0 Å². The second-order valence-corrected chi connectivity index (χ2v) is 4.57. The van der Waals surface area contributed by atoms with E-state index in [1.807, 2.05) is 0 Å². The van der Waals surface area contributed by atoms with Gasteiger partial charge in [-0.3, -0.25) is 9.69 Å². The number of morpholine rings is 1. The molecule has 1 aliphatic rings. The molecular weight excluding hydrogens is 246 g/mol. The molecular formula is C13H23N3O3. The normalized spacial score (nSPS) is 17.7. The Hall–Kier alpha value is -1.16. The van der Waals surface area contributed by atoms with Crippen molar-refractivity contribution >= 4 is 5.91 Å². The Labute approximate surface area is 114 Å². The quantitative estimate of drug-likeness (QED) is 0.655. The van der Waals surface area contributed by atoms with Gasteiger partial charge in [0, 0.05) is 39.8 Å². The van der Waals surface area contributed by atoms with E-state index in [4.69, 9.17) is 14.7 Å². The van der Waals surface area contributed by atoms with Gasteiger partial charge in [0.25, 0.3) is 5.91 Å². The average Bonchev–Trinajstić information content (AvgIpc) is 2.47. The summed E-state index contributed by atoms with van der Waals surface area (Å²) < 4.78 is 10.3. The lowest BCUT2D eigenvalue weighted by Crippen LogP contribution is -2.45. The zero-order valence-electron chi connectivity index (χ0n) is 11.8. The third kappa shape index (κ3) is 5.55. The topological polar surface area (TPSA) is 65.8 Å². The Kier molecular flexibility index (Phi) is 7.41. The first-order valence-electron chi connectivity index (χ1n) is 6.67. The molecule has 0 N–H and O–H groups in total. The number of amides is 1. The number of carbonyl (C=O) groups excluding carboxylic acids is 1. The Balaban J connectivity index is 2.44. The molecule has 1 amide bonds. The molecule has 0 radical (unpaired) electrons. The second-order valence-electron chi connectivity index (χ2n) is 4.57. The molecule has 0 aromatic rings. The van der Waals surface area contributed by atoms with Crippen molar-refractivity contribution in [2.45, 2.75) is 19.4 Å². The summed E-state index contributed by atoms with van der Waals surface area (Å²) in [6, 6.07) is 2.08. The third-order valence-electron chi connectivity index (χ3n) is 3.30. The fourth-order valence-electron chi connectivity index (χ4n) is 1.96. The molecule has 6 heteroatoms. The number of nitriles is 1. The van der Waals surface area contributed by atoms with E-state index in [1.54, 1.807) is 11.8 Å². The van der Waals surface area contributed by atoms with Crippen LogP contribution in [0.1, 0.15) is 13.3 Å². The molecule has 0 aromatic carbocycles. The first kappa shape index (κ1) is 15.9. The van der Waals surface area contributed by atoms with Gasteiger partial charge in [0.15, 0.2) is 0 Å². The highest BCUT2D eigenvalue weighted by atomic mass is 16.5. The van der Waals surface area contributed by atoms with E-state index in [0.29, 0.717) is 19.5 Å². The second kappa shape index (κ2) is 8.86. The van der Waals surface area contributed by atoms with Crippen LogP contribution in [0, 0.1) is 11.3 Å². The van der Waals surface area contributed by atoms with Crippen LogP contribution >= 0.6 is 0 Å². The van der Waals surface area contributed by atoms with Gasteiger partial charge in [-0.05, 0) is 6.92 Å². The zero-order chi connectivity index (χ0) is 14.1. The van der Waals surface area contributed by atoms with Gasteiger partial charge in [-0.25, -0.2) is 0 Å². The lowest BCUT2D eigenvalue weighted by molar-refractivity contribution is -0.141. The van der Waals surface area contributed by atoms with E-state index in [2.05, 4.69) is 11.0 Å². The molecule has 19 heavy (non-hydrogen) atoms. The van der Waals surface area contributed by atoms with Gasteiger partial charge in [0.1, 0.15) is 6.10 Å². The maximum atomic E-state index is 12.1. The smallest absolute Gasteiger partial charge is 0.251 e. The van der Waals surface area contributed by atoms with Gasteiger partial charge in [-0.1, -0.05) is 0 Å². The summed E-state index contributed by atoms with van der Waals surface area (Å²) in [7, 11) is 1.52. The molecule has 1 saturated heterocycles. The molecule has 1 heterocycles. The number of hydrogen-bond donors (Lipinski definition) is 0. The molecule has 0 saturated carbocycles. The summed E-state index contributed by atoms with van der Waals surface area (Å²) in [5.41, 5.74) is 0. The molecule has 1 aliphatic heterocycles. The van der Waals surface area contributed by atoms with Gasteiger partial charge in [-0.2, -0.15) is 5.26 Å². The van der Waals surface area contributed by atoms with Gasteiger partial charge < -0.3 is 14.4 Å². The zero-order valence-corrected chi connectivity index (χ0v) is 11.8. The third-order valence-corrected chi connectivity index (χ3v) is 3.30. The average molecular weight is 269 g/mol. The highest BCUT2D eigenvalue weighted by Gasteiger charge is 2.21. The van der Waals surface area contributed by atoms with E-state index in [1.165, 1.54) is 7.11 Å². The molecule has 1 fully saturated rings. The largest absolute Gasteiger partial charge is 0.379 e. The Morgan fingerprint density at radius 1 is 1.47 bits per heavy atom. The van der Waals surface area contributed by atoms with Gasteiger partial charge in [0.2, 0.25) is 0 Å². The van der Waals surface area contributed by atoms with Gasteiger partial charge in [0.05, 0.1) is 25.7 Å². The van der Waals surface area contributed by atoms with Gasteiger partial charge in [-0.15, -0.1) is 0 Å². The van der Waals surface area contributed by atoms with Crippen LogP contribution < -0.4 is 0 Å². The van der Waals surface area contributed by atoms with Gasteiger partial charge >= 0.3 is 0 Å². The lowest BCUT2D eigenvalue weighted by Gasteiger charge is -2.30. The van der Waals surface area contributed by atoms with Crippen molar-refractivity contribution < 1.29 is 14.3 Å². The Bertz CT molecular complexity index is 311. The number of nitrogens with zero attached hydrogens (tertiary/aromatic N) is 3. The number of carbonyl (C=O) groups is 1. The molecule has 0 bridgehead atoms. The monoisotopic (exact) mass is 269 g/mol. The van der Waals surface area contributed by atoms with Crippen molar-refractivity contribution in [3.8, 4) is 6.07 Å². The van der Waals surface area contributed by atoms with Crippen LogP contribution in [0.25, 0.3) is 0 Å². The molecule has 1 rings (SSSR count). The summed E-state index contributed by atoms with van der Waals surface area (Å²) in [6.45, 7) is 6.95. The highest BCUT2D eigenvalue weighted by Crippen LogP contribution is 2.02. The molecule has 108 valence electrons. The minimum absolute atomic E-state index is 0.0500. The summed E-state index contributed by atoms with van der Waals surface area (Å²) in [5.74, 6) is -0.0500. The number of rotatable bonds is 7. The summed E-state index contributed by atoms with van der Waals surface area (Å²) in [5, 5.41) is 8.66. The maximum absolute atomic E-state index is 12.1. The van der Waals surface area contributed by atoms with E-state index in [9.17, 15) is 4.79 Å². The maximum Gasteiger partial charge on any atom is 0.251 e. The lowest BCUT2D eigenvalue weighted by atomic mass is 10.3. The van der Waals surface area contributed by atoms with E-state index in [-0.39, 0.29) is 5.91 Å². The van der Waals surface area contributed by atoms with E-state index < -0.39 is 6.10 Å². The highest BCUT2D eigenvalue weighted by molar-refractivity contribution is 5.80. The summed E-state index contributed by atoms with van der Waals surface area (Å²) in [6.07, 6.45) is -0.103. The minimum Gasteiger partial charge on any atom is -0.379 e. The summed E-state index contributed by atoms with van der Waals surface area (Å²) >= 11 is 0. The SMILES string of the molecule is COC(C)C(=O)N(CCC#N)CCN1CCOCC1. The van der Waals surface area contributed by atoms with Crippen molar-refractivity contribution in [1.82, 2.24) is 9.80 Å². The number of methoxy groups -OCH3 is 1. The fourth-order valence-corrected chi connectivity index (χ4v) is 1.96. The number of ether oxygens (including phenoxy) is 2. The Morgan fingerprint density at radius 2 is 2.16 bits per heavy atom. The molecule has 0 spiro atoms. The predicted octanol–water partition coefficient (Wildman–Crippen LogP) is 0.0958. The van der Waals surface area contributed by atoms with Crippen molar-refractivity contribution in [1.29, 1.82) is 5.26 Å². The first-order valence-corrected chi connectivity index (χ1v) is 6.67. The summed E-state index contributed by atoms with van der Waals surface area (Å²) in [4.78, 5) is 16.1. The van der Waals surface area contributed by atoms with E-state index >= 15 is 0 Å². The van der Waals surface area contributed by atoms with Crippen LogP contribution in [0.4, 0.5) is 0 Å². The molecule has 0 aromatic heterocycles. The fraction of sp³-hybridized carbons (Fsp3) is 0.846. The van der Waals surface area contributed by atoms with E-state index in [0.717, 1.165) is 32.8 Å². The van der Waals surface area contributed by atoms with Crippen LogP contribution in [0.2, 0.25) is 0 Å². The van der Waals surface area contributed by atoms with Crippen molar-refractivity contribution in [2.24, 2.45) is 0 Å². The molecule has 1 atom stereocenters. The van der Waals surface area contributed by atoms with Crippen LogP contribution in [0.5, 0.6) is 0 Å². The molecule has 6 nitrogen and oxygen atoms in total. The van der Waals surface area contributed by atoms with Crippen LogP contribution in [0.3, 0.4) is 0 Å². The molecule has 1 unspecified atom stereocenters. The van der Waals surface area contributed by atoms with Crippen LogP contribution in [0.15, 0.2) is 0 Å². The molecule has 0 aliphatic carbocycles. The Morgan fingerprint density at radius 3 is 2.74 bits per heavy atom. The van der Waals surface area contributed by atoms with Crippen LogP contribution in [-0.4, -0.2) is 74.9 Å². The van der Waals surface area contributed by atoms with Crippen molar-refractivity contribution in [3.05, 3.63) is 0 Å². The number of hydrogen-bond acceptors (Lipinski definition) is 5. The standard InChI is InChI=1S/C13H23N3O3/c1-12(18-2)13(17)16(5-3-4-14)7-6-15-8-10-19-11-9-15/h12H,3,5-11H2,1-2H3. The minimum atomic E-state index is -0.455. The van der Waals surface area contributed by atoms with Crippen LogP contribution in [-0.2, 0) is 14.3 Å². The predicted molar refractivity (Wildman–Crippen MR) is 70.5 cm³/mol. The van der Waals surface area contributed by atoms with Crippen molar-refractivity contribution in [3.63, 3.8) is 0 Å².